The van der Waals surface area contributed by atoms with E-state index in [9.17, 15) is 13.6 Å². The predicted octanol–water partition coefficient (Wildman–Crippen LogP) is 3.68. The molecule has 0 aliphatic carbocycles. The van der Waals surface area contributed by atoms with Gasteiger partial charge in [0.25, 0.3) is 0 Å². The number of halogens is 2. The number of aromatic amines is 1. The topological polar surface area (TPSA) is 57.8 Å². The van der Waals surface area contributed by atoms with Crippen LogP contribution in [0.4, 0.5) is 8.78 Å². The average Bonchev–Trinajstić information content (AvgIpc) is 3.02. The van der Waals surface area contributed by atoms with Crippen molar-refractivity contribution in [3.05, 3.63) is 59.9 Å². The Morgan fingerprint density at radius 2 is 2.00 bits per heavy atom. The fourth-order valence-electron chi connectivity index (χ4n) is 2.37. The van der Waals surface area contributed by atoms with Crippen molar-refractivity contribution in [3.8, 4) is 0 Å². The van der Waals surface area contributed by atoms with Crippen molar-refractivity contribution in [2.24, 2.45) is 0 Å². The van der Waals surface area contributed by atoms with Crippen LogP contribution in [0.1, 0.15) is 12.2 Å². The number of carbonyl (C=O) groups excluding carboxylic acids is 1. The van der Waals surface area contributed by atoms with Gasteiger partial charge in [0, 0.05) is 17.9 Å². The van der Waals surface area contributed by atoms with Gasteiger partial charge >= 0.3 is 0 Å². The Labute approximate surface area is 148 Å². The lowest BCUT2D eigenvalue weighted by Crippen LogP contribution is -2.26. The number of fused-ring (bicyclic) bond motifs is 1. The van der Waals surface area contributed by atoms with Crippen molar-refractivity contribution < 1.29 is 13.6 Å². The minimum atomic E-state index is -0.906. The van der Waals surface area contributed by atoms with Gasteiger partial charge in [-0.15, -0.1) is 11.8 Å². The van der Waals surface area contributed by atoms with Gasteiger partial charge in [0.1, 0.15) is 5.82 Å². The first kappa shape index (κ1) is 17.4. The van der Waals surface area contributed by atoms with E-state index in [2.05, 4.69) is 15.3 Å². The third kappa shape index (κ3) is 4.79. The van der Waals surface area contributed by atoms with Gasteiger partial charge in [-0.3, -0.25) is 4.79 Å². The first-order chi connectivity index (χ1) is 12.1. The van der Waals surface area contributed by atoms with Crippen molar-refractivity contribution in [1.29, 1.82) is 0 Å². The highest BCUT2D eigenvalue weighted by Gasteiger charge is 2.07. The lowest BCUT2D eigenvalue weighted by atomic mass is 10.3. The van der Waals surface area contributed by atoms with Gasteiger partial charge in [-0.25, -0.2) is 13.8 Å². The molecule has 0 atom stereocenters. The van der Waals surface area contributed by atoms with Gasteiger partial charge in [0.05, 0.1) is 16.8 Å². The summed E-state index contributed by atoms with van der Waals surface area (Å²) in [5, 5.41) is 2.81. The fraction of sp³-hybridized carbons (Fsp3) is 0.222. The molecule has 2 N–H and O–H groups in total. The molecule has 1 amide bonds. The van der Waals surface area contributed by atoms with Crippen LogP contribution in [0.25, 0.3) is 11.0 Å². The van der Waals surface area contributed by atoms with Crippen molar-refractivity contribution in [2.75, 3.05) is 12.3 Å². The van der Waals surface area contributed by atoms with Crippen LogP contribution >= 0.6 is 11.8 Å². The highest BCUT2D eigenvalue weighted by molar-refractivity contribution is 8.00. The van der Waals surface area contributed by atoms with Gasteiger partial charge in [0.2, 0.25) is 5.91 Å². The maximum Gasteiger partial charge on any atom is 0.230 e. The Hall–Kier alpha value is -2.41. The van der Waals surface area contributed by atoms with Crippen LogP contribution in [0.3, 0.4) is 0 Å². The molecule has 25 heavy (non-hydrogen) atoms. The number of aryl methyl sites for hydroxylation is 1. The summed E-state index contributed by atoms with van der Waals surface area (Å²) in [6.45, 7) is 0.536. The maximum absolute atomic E-state index is 13.1. The Bertz CT molecular complexity index is 849. The van der Waals surface area contributed by atoms with E-state index in [4.69, 9.17) is 0 Å². The van der Waals surface area contributed by atoms with Gasteiger partial charge in [0.15, 0.2) is 11.6 Å². The number of benzene rings is 2. The molecule has 0 unspecified atom stereocenters. The van der Waals surface area contributed by atoms with E-state index >= 15 is 0 Å². The summed E-state index contributed by atoms with van der Waals surface area (Å²) >= 11 is 1.17. The highest BCUT2D eigenvalue weighted by Crippen LogP contribution is 2.20. The third-order valence-electron chi connectivity index (χ3n) is 3.61. The minimum Gasteiger partial charge on any atom is -0.355 e. The van der Waals surface area contributed by atoms with Crippen LogP contribution in [0.2, 0.25) is 0 Å². The first-order valence-electron chi connectivity index (χ1n) is 7.90. The number of H-pyrrole nitrogens is 1. The number of thioether (sulfide) groups is 1. The number of para-hydroxylation sites is 2. The van der Waals surface area contributed by atoms with Crippen LogP contribution in [-0.4, -0.2) is 28.2 Å². The zero-order valence-electron chi connectivity index (χ0n) is 13.4. The lowest BCUT2D eigenvalue weighted by Gasteiger charge is -2.05. The van der Waals surface area contributed by atoms with E-state index in [0.717, 1.165) is 41.8 Å². The average molecular weight is 361 g/mol. The minimum absolute atomic E-state index is 0.140. The number of nitrogens with one attached hydrogen (secondary N) is 2. The molecule has 0 fully saturated rings. The molecule has 7 heteroatoms. The molecule has 0 saturated heterocycles. The van der Waals surface area contributed by atoms with Crippen LogP contribution in [0.15, 0.2) is 47.4 Å². The van der Waals surface area contributed by atoms with Gasteiger partial charge in [-0.05, 0) is 36.8 Å². The second-order valence-electron chi connectivity index (χ2n) is 5.52. The van der Waals surface area contributed by atoms with Crippen LogP contribution in [-0.2, 0) is 11.2 Å². The number of amides is 1. The molecule has 0 radical (unpaired) electrons. The van der Waals surface area contributed by atoms with Crippen molar-refractivity contribution in [1.82, 2.24) is 15.3 Å². The number of nitrogens with zero attached hydrogens (tertiary/aromatic N) is 1. The Morgan fingerprint density at radius 3 is 2.80 bits per heavy atom. The number of aromatic nitrogens is 2. The van der Waals surface area contributed by atoms with E-state index < -0.39 is 11.6 Å². The molecule has 2 aromatic carbocycles. The summed E-state index contributed by atoms with van der Waals surface area (Å²) in [5.74, 6) is -0.878. The van der Waals surface area contributed by atoms with Crippen LogP contribution in [0.5, 0.6) is 0 Å². The lowest BCUT2D eigenvalue weighted by molar-refractivity contribution is -0.118. The van der Waals surface area contributed by atoms with E-state index in [1.54, 1.807) is 0 Å². The molecule has 0 aliphatic heterocycles. The zero-order chi connectivity index (χ0) is 17.6. The molecular formula is C18H17F2N3OS. The van der Waals surface area contributed by atoms with Gasteiger partial charge in [-0.2, -0.15) is 0 Å². The summed E-state index contributed by atoms with van der Waals surface area (Å²) < 4.78 is 25.9. The summed E-state index contributed by atoms with van der Waals surface area (Å²) in [5.41, 5.74) is 1.94. The molecule has 3 aromatic rings. The second-order valence-corrected chi connectivity index (χ2v) is 6.57. The molecule has 4 nitrogen and oxygen atoms in total. The normalized spacial score (nSPS) is 11.0. The monoisotopic (exact) mass is 361 g/mol. The van der Waals surface area contributed by atoms with E-state index in [0.29, 0.717) is 11.4 Å². The quantitative estimate of drug-likeness (QED) is 0.499. The Morgan fingerprint density at radius 1 is 1.16 bits per heavy atom. The van der Waals surface area contributed by atoms with E-state index in [-0.39, 0.29) is 11.7 Å². The third-order valence-corrected chi connectivity index (χ3v) is 4.61. The predicted molar refractivity (Wildman–Crippen MR) is 94.5 cm³/mol. The molecule has 0 bridgehead atoms. The Balaban J connectivity index is 1.38. The van der Waals surface area contributed by atoms with Gasteiger partial charge < -0.3 is 10.3 Å². The van der Waals surface area contributed by atoms with Crippen molar-refractivity contribution >= 4 is 28.7 Å². The molecule has 1 aromatic heterocycles. The molecule has 3 rings (SSSR count). The van der Waals surface area contributed by atoms with E-state index in [1.807, 2.05) is 24.3 Å². The summed E-state index contributed by atoms with van der Waals surface area (Å²) in [7, 11) is 0. The summed E-state index contributed by atoms with van der Waals surface area (Å²) in [6.07, 6.45) is 1.51. The first-order valence-corrected chi connectivity index (χ1v) is 8.88. The van der Waals surface area contributed by atoms with Crippen molar-refractivity contribution in [2.45, 2.75) is 17.7 Å². The number of rotatable bonds is 7. The van der Waals surface area contributed by atoms with Gasteiger partial charge in [-0.1, -0.05) is 12.1 Å². The second kappa shape index (κ2) is 8.11. The number of imidazole rings is 1. The number of carbonyl (C=O) groups is 1. The zero-order valence-corrected chi connectivity index (χ0v) is 14.2. The molecule has 0 spiro atoms. The fourth-order valence-corrected chi connectivity index (χ4v) is 3.13. The molecule has 0 aliphatic rings. The standard InChI is InChI=1S/C18H17F2N3OS/c19-13-8-7-12(10-14(13)20)25-11-18(24)21-9-3-6-17-22-15-4-1-2-5-16(15)23-17/h1-2,4-5,7-8,10H,3,6,9,11H2,(H,21,24)(H,22,23). The molecule has 130 valence electrons. The van der Waals surface area contributed by atoms with Crippen molar-refractivity contribution in [3.63, 3.8) is 0 Å². The Kier molecular flexibility index (Phi) is 5.65. The number of hydrogen-bond donors (Lipinski definition) is 2. The summed E-state index contributed by atoms with van der Waals surface area (Å²) in [4.78, 5) is 20.0. The maximum atomic E-state index is 13.1. The van der Waals surface area contributed by atoms with Crippen LogP contribution in [0, 0.1) is 11.6 Å². The highest BCUT2D eigenvalue weighted by atomic mass is 32.2. The molecule has 0 saturated carbocycles. The summed E-state index contributed by atoms with van der Waals surface area (Å²) in [6, 6.07) is 11.4. The molecule has 1 heterocycles. The molecular weight excluding hydrogens is 344 g/mol. The smallest absolute Gasteiger partial charge is 0.230 e. The number of hydrogen-bond acceptors (Lipinski definition) is 3. The van der Waals surface area contributed by atoms with E-state index in [1.165, 1.54) is 17.8 Å². The van der Waals surface area contributed by atoms with Crippen LogP contribution < -0.4 is 5.32 Å². The largest absolute Gasteiger partial charge is 0.355 e. The SMILES string of the molecule is O=C(CSc1ccc(F)c(F)c1)NCCCc1nc2ccccc2[nH]1.